The standard InChI is InChI=1S/C3H6NO4P.H3N/c1-2-7-9(6)8-3(4)5;/h2H2,1H3,(H-,4,5);1H3/p+2. The first-order valence-electron chi connectivity index (χ1n) is 2.24. The fourth-order valence-electron chi connectivity index (χ4n) is 0.205. The third-order valence-corrected chi connectivity index (χ3v) is 1.20. The Bertz CT molecular complexity index is 128. The summed E-state index contributed by atoms with van der Waals surface area (Å²) in [4.78, 5) is 9.82. The van der Waals surface area contributed by atoms with Crippen LogP contribution < -0.4 is 11.9 Å². The largest absolute Gasteiger partial charge is 0.755 e. The number of quaternary nitrogens is 1. The molecule has 1 unspecified atom stereocenters. The first-order valence-corrected chi connectivity index (χ1v) is 3.34. The van der Waals surface area contributed by atoms with Gasteiger partial charge in [-0.1, -0.05) is 0 Å². The van der Waals surface area contributed by atoms with Gasteiger partial charge in [0.2, 0.25) is 0 Å². The van der Waals surface area contributed by atoms with E-state index in [0.717, 1.165) is 0 Å². The maximum Gasteiger partial charge on any atom is 0.755 e. The Kier molecular flexibility index (Phi) is 7.70. The van der Waals surface area contributed by atoms with Crippen LogP contribution in [0.5, 0.6) is 0 Å². The van der Waals surface area contributed by atoms with Crippen LogP contribution in [0.1, 0.15) is 6.92 Å². The van der Waals surface area contributed by atoms with Gasteiger partial charge in [-0.25, -0.2) is 4.79 Å². The third-order valence-electron chi connectivity index (χ3n) is 0.399. The van der Waals surface area contributed by atoms with Crippen LogP contribution in [0.4, 0.5) is 4.79 Å². The molecule has 0 aliphatic rings. The van der Waals surface area contributed by atoms with E-state index in [1.54, 1.807) is 6.92 Å². The van der Waals surface area contributed by atoms with Crippen molar-refractivity contribution in [3.05, 3.63) is 0 Å². The average Bonchev–Trinajstić information content (AvgIpc) is 1.63. The van der Waals surface area contributed by atoms with Crippen molar-refractivity contribution in [1.82, 2.24) is 6.15 Å². The SMILES string of the molecule is CCO[P+](=O)OC(N)=O.[NH4+]. The Morgan fingerprint density at radius 1 is 1.70 bits per heavy atom. The Labute approximate surface area is 59.2 Å². The molecule has 0 fully saturated rings. The van der Waals surface area contributed by atoms with Gasteiger partial charge in [-0.15, -0.1) is 4.52 Å². The number of primary amides is 1. The van der Waals surface area contributed by atoms with E-state index in [1.807, 2.05) is 0 Å². The number of rotatable bonds is 3. The summed E-state index contributed by atoms with van der Waals surface area (Å²) < 4.78 is 18.5. The molecule has 0 bridgehead atoms. The van der Waals surface area contributed by atoms with Gasteiger partial charge in [0, 0.05) is 4.57 Å². The molecule has 0 radical (unpaired) electrons. The number of hydrogen-bond donors (Lipinski definition) is 2. The van der Waals surface area contributed by atoms with Crippen molar-refractivity contribution in [3.8, 4) is 0 Å². The predicted molar refractivity (Wildman–Crippen MR) is 35.9 cm³/mol. The molecule has 0 aliphatic heterocycles. The molecule has 1 atom stereocenters. The molecule has 0 saturated carbocycles. The maximum absolute atomic E-state index is 10.3. The van der Waals surface area contributed by atoms with Crippen LogP contribution in [0.25, 0.3) is 0 Å². The normalized spacial score (nSPS) is 9.50. The highest BCUT2D eigenvalue weighted by molar-refractivity contribution is 7.34. The van der Waals surface area contributed by atoms with Crippen LogP contribution in [0.3, 0.4) is 0 Å². The molecule has 0 aromatic rings. The average molecular weight is 170 g/mol. The summed E-state index contributed by atoms with van der Waals surface area (Å²) in [5, 5.41) is 0. The zero-order chi connectivity index (χ0) is 7.28. The lowest BCUT2D eigenvalue weighted by atomic mass is 10.9. The molecule has 0 rings (SSSR count). The summed E-state index contributed by atoms with van der Waals surface area (Å²) in [6.45, 7) is 1.85. The highest BCUT2D eigenvalue weighted by Crippen LogP contribution is 2.22. The molecule has 0 spiro atoms. The monoisotopic (exact) mass is 170 g/mol. The molecular formula is C3H11N2O4P+2. The summed E-state index contributed by atoms with van der Waals surface area (Å²) in [6.07, 6.45) is -1.09. The van der Waals surface area contributed by atoms with Crippen molar-refractivity contribution in [3.63, 3.8) is 0 Å². The number of amides is 1. The molecule has 7 heteroatoms. The Morgan fingerprint density at radius 3 is 2.50 bits per heavy atom. The van der Waals surface area contributed by atoms with Crippen molar-refractivity contribution in [1.29, 1.82) is 0 Å². The first kappa shape index (κ1) is 12.0. The second kappa shape index (κ2) is 6.41. The van der Waals surface area contributed by atoms with Gasteiger partial charge >= 0.3 is 14.3 Å². The quantitative estimate of drug-likeness (QED) is 0.618. The van der Waals surface area contributed by atoms with Crippen LogP contribution in [-0.2, 0) is 13.6 Å². The van der Waals surface area contributed by atoms with Gasteiger partial charge in [-0.2, -0.15) is 4.52 Å². The molecule has 10 heavy (non-hydrogen) atoms. The summed E-state index contributed by atoms with van der Waals surface area (Å²) in [6, 6.07) is 0. The minimum Gasteiger partial charge on any atom is -0.369 e. The van der Waals surface area contributed by atoms with Crippen molar-refractivity contribution >= 4 is 14.3 Å². The highest BCUT2D eigenvalue weighted by atomic mass is 31.1. The number of hydrogen-bond acceptors (Lipinski definition) is 4. The van der Waals surface area contributed by atoms with Crippen LogP contribution in [0.15, 0.2) is 0 Å². The van der Waals surface area contributed by atoms with Crippen LogP contribution >= 0.6 is 8.25 Å². The molecule has 6 nitrogen and oxygen atoms in total. The van der Waals surface area contributed by atoms with Gasteiger partial charge in [0.25, 0.3) is 0 Å². The van der Waals surface area contributed by atoms with E-state index >= 15 is 0 Å². The summed E-state index contributed by atoms with van der Waals surface area (Å²) >= 11 is 0. The second-order valence-electron chi connectivity index (χ2n) is 1.05. The molecule has 0 aromatic heterocycles. The second-order valence-corrected chi connectivity index (χ2v) is 1.94. The van der Waals surface area contributed by atoms with E-state index < -0.39 is 14.3 Å². The number of nitrogens with two attached hydrogens (primary N) is 1. The lowest BCUT2D eigenvalue weighted by Gasteiger charge is -1.79. The Morgan fingerprint density at radius 2 is 2.20 bits per heavy atom. The molecule has 0 heterocycles. The van der Waals surface area contributed by atoms with Crippen LogP contribution in [0, 0.1) is 0 Å². The zero-order valence-corrected chi connectivity index (χ0v) is 6.76. The zero-order valence-electron chi connectivity index (χ0n) is 5.86. The summed E-state index contributed by atoms with van der Waals surface area (Å²) in [7, 11) is -2.34. The van der Waals surface area contributed by atoms with Crippen molar-refractivity contribution < 1.29 is 18.4 Å². The molecule has 1 amide bonds. The highest BCUT2D eigenvalue weighted by Gasteiger charge is 2.22. The van der Waals surface area contributed by atoms with Crippen molar-refractivity contribution in [2.75, 3.05) is 6.61 Å². The lowest BCUT2D eigenvalue weighted by Crippen LogP contribution is -2.08. The number of carbonyl (C=O) groups excluding carboxylic acids is 1. The molecule has 6 N–H and O–H groups in total. The molecule has 60 valence electrons. The van der Waals surface area contributed by atoms with Crippen molar-refractivity contribution in [2.45, 2.75) is 6.92 Å². The summed E-state index contributed by atoms with van der Waals surface area (Å²) in [5.74, 6) is 0. The Balaban J connectivity index is 0. The predicted octanol–water partition coefficient (Wildman–Crippen LogP) is 1.15. The fourth-order valence-corrected chi connectivity index (χ4v) is 0.616. The smallest absolute Gasteiger partial charge is 0.369 e. The topological polar surface area (TPSA) is 115 Å². The van der Waals surface area contributed by atoms with Gasteiger partial charge in [0.1, 0.15) is 6.61 Å². The summed E-state index contributed by atoms with van der Waals surface area (Å²) in [5.41, 5.74) is 4.50. The number of carbonyl (C=O) groups is 1. The van der Waals surface area contributed by atoms with E-state index in [4.69, 9.17) is 0 Å². The molecule has 0 aromatic carbocycles. The minimum atomic E-state index is -2.34. The molecular weight excluding hydrogens is 159 g/mol. The molecule has 0 saturated heterocycles. The van der Waals surface area contributed by atoms with Crippen molar-refractivity contribution in [2.24, 2.45) is 5.73 Å². The van der Waals surface area contributed by atoms with Crippen LogP contribution in [0.2, 0.25) is 0 Å². The maximum atomic E-state index is 10.3. The van der Waals surface area contributed by atoms with Gasteiger partial charge in [-0.3, -0.25) is 0 Å². The van der Waals surface area contributed by atoms with E-state index in [1.165, 1.54) is 0 Å². The Hall–Kier alpha value is -0.710. The fraction of sp³-hybridized carbons (Fsp3) is 0.667. The molecule has 0 aliphatic carbocycles. The van der Waals surface area contributed by atoms with E-state index in [0.29, 0.717) is 0 Å². The van der Waals surface area contributed by atoms with E-state index in [-0.39, 0.29) is 12.8 Å². The van der Waals surface area contributed by atoms with E-state index in [9.17, 15) is 9.36 Å². The first-order chi connectivity index (χ1) is 4.16. The lowest BCUT2D eigenvalue weighted by molar-refractivity contribution is 0.199. The van der Waals surface area contributed by atoms with Gasteiger partial charge in [0.05, 0.1) is 0 Å². The van der Waals surface area contributed by atoms with Gasteiger partial charge in [0.15, 0.2) is 0 Å². The minimum absolute atomic E-state index is 0. The van der Waals surface area contributed by atoms with E-state index in [2.05, 4.69) is 14.8 Å². The third kappa shape index (κ3) is 7.29. The van der Waals surface area contributed by atoms with Gasteiger partial charge in [-0.05, 0) is 6.92 Å². The van der Waals surface area contributed by atoms with Gasteiger partial charge < -0.3 is 11.9 Å². The van der Waals surface area contributed by atoms with Crippen LogP contribution in [-0.4, -0.2) is 12.7 Å².